The molecular weight excluding hydrogens is 309 g/mol. The number of nitrogens with one attached hydrogen (secondary N) is 1. The van der Waals surface area contributed by atoms with Gasteiger partial charge in [-0.1, -0.05) is 6.07 Å². The molecule has 2 aromatic rings. The average Bonchev–Trinajstić information content (AvgIpc) is 3.31. The molecule has 1 saturated heterocycles. The molecule has 1 aliphatic carbocycles. The van der Waals surface area contributed by atoms with Gasteiger partial charge in [0.15, 0.2) is 0 Å². The molecule has 128 valence electrons. The molecule has 2 heterocycles. The van der Waals surface area contributed by atoms with E-state index in [2.05, 4.69) is 20.3 Å². The monoisotopic (exact) mass is 331 g/mol. The minimum absolute atomic E-state index is 0.221. The van der Waals surface area contributed by atoms with Gasteiger partial charge in [0.2, 0.25) is 0 Å². The predicted octanol–water partition coefficient (Wildman–Crippen LogP) is 1.36. The van der Waals surface area contributed by atoms with E-state index in [0.717, 1.165) is 37.8 Å². The molecule has 0 amide bonds. The number of hydrogen-bond acceptors (Lipinski definition) is 5. The number of rotatable bonds is 6. The summed E-state index contributed by atoms with van der Waals surface area (Å²) in [5, 5.41) is 7.34. The van der Waals surface area contributed by atoms with Gasteiger partial charge in [-0.15, -0.1) is 0 Å². The maximum Gasteiger partial charge on any atom is 0.149 e. The first-order valence-corrected chi connectivity index (χ1v) is 8.49. The molecule has 1 aliphatic heterocycles. The molecule has 0 bridgehead atoms. The van der Waals surface area contributed by atoms with Crippen molar-refractivity contribution in [2.75, 3.05) is 26.2 Å². The fourth-order valence-corrected chi connectivity index (χ4v) is 3.19. The number of aromatic nitrogens is 3. The van der Waals surface area contributed by atoms with Crippen LogP contribution in [0, 0.1) is 5.82 Å². The van der Waals surface area contributed by atoms with Crippen LogP contribution in [0.3, 0.4) is 0 Å². The number of nitrogens with zero attached hydrogens (tertiary/aromatic N) is 4. The Hall–Kier alpha value is -1.83. The first-order chi connectivity index (χ1) is 11.8. The third kappa shape index (κ3) is 3.63. The molecule has 24 heavy (non-hydrogen) atoms. The van der Waals surface area contributed by atoms with Gasteiger partial charge in [0.1, 0.15) is 24.2 Å². The molecule has 1 saturated carbocycles. The van der Waals surface area contributed by atoms with Gasteiger partial charge in [-0.3, -0.25) is 4.90 Å². The fourth-order valence-electron chi connectivity index (χ4n) is 3.19. The molecule has 6 nitrogen and oxygen atoms in total. The van der Waals surface area contributed by atoms with Crippen LogP contribution in [0.25, 0.3) is 5.69 Å². The van der Waals surface area contributed by atoms with Gasteiger partial charge in [0, 0.05) is 32.2 Å². The van der Waals surface area contributed by atoms with Gasteiger partial charge in [-0.25, -0.2) is 14.1 Å². The highest BCUT2D eigenvalue weighted by molar-refractivity contribution is 5.35. The van der Waals surface area contributed by atoms with Crippen molar-refractivity contribution in [3.63, 3.8) is 0 Å². The van der Waals surface area contributed by atoms with Crippen molar-refractivity contribution in [3.05, 3.63) is 42.2 Å². The molecule has 1 N–H and O–H groups in total. The first kappa shape index (κ1) is 15.7. The minimum atomic E-state index is -0.298. The molecule has 1 aromatic heterocycles. The minimum Gasteiger partial charge on any atom is -0.374 e. The zero-order valence-electron chi connectivity index (χ0n) is 13.6. The van der Waals surface area contributed by atoms with E-state index in [-0.39, 0.29) is 11.9 Å². The summed E-state index contributed by atoms with van der Waals surface area (Å²) < 4.78 is 21.4. The highest BCUT2D eigenvalue weighted by atomic mass is 19.1. The molecule has 0 radical (unpaired) electrons. The van der Waals surface area contributed by atoms with E-state index < -0.39 is 0 Å². The van der Waals surface area contributed by atoms with Crippen LogP contribution < -0.4 is 5.32 Å². The van der Waals surface area contributed by atoms with E-state index in [0.29, 0.717) is 12.2 Å². The lowest BCUT2D eigenvalue weighted by Gasteiger charge is -2.33. The van der Waals surface area contributed by atoms with Crippen LogP contribution in [0.5, 0.6) is 0 Å². The van der Waals surface area contributed by atoms with Crippen molar-refractivity contribution in [3.8, 4) is 5.69 Å². The Balaban J connectivity index is 1.29. The van der Waals surface area contributed by atoms with Gasteiger partial charge in [-0.2, -0.15) is 5.10 Å². The van der Waals surface area contributed by atoms with Crippen molar-refractivity contribution in [1.82, 2.24) is 25.0 Å². The quantitative estimate of drug-likeness (QED) is 0.866. The first-order valence-electron chi connectivity index (χ1n) is 8.49. The number of ether oxygens (including phenoxy) is 1. The normalized spacial score (nSPS) is 22.0. The second kappa shape index (κ2) is 6.96. The maximum atomic E-state index is 14.2. The van der Waals surface area contributed by atoms with Gasteiger partial charge in [0.25, 0.3) is 0 Å². The highest BCUT2D eigenvalue weighted by Gasteiger charge is 2.32. The Labute approximate surface area is 140 Å². The van der Waals surface area contributed by atoms with E-state index in [1.807, 2.05) is 6.07 Å². The number of benzene rings is 1. The van der Waals surface area contributed by atoms with Crippen LogP contribution in [0.1, 0.15) is 18.4 Å². The number of hydrogen-bond donors (Lipinski definition) is 1. The topological polar surface area (TPSA) is 55.2 Å². The van der Waals surface area contributed by atoms with E-state index in [1.165, 1.54) is 30.2 Å². The summed E-state index contributed by atoms with van der Waals surface area (Å²) in [5.41, 5.74) is 1.32. The van der Waals surface area contributed by atoms with Crippen molar-refractivity contribution in [2.45, 2.75) is 31.5 Å². The number of halogens is 1. The van der Waals surface area contributed by atoms with Gasteiger partial charge in [-0.05, 0) is 30.5 Å². The molecule has 1 atom stereocenters. The van der Waals surface area contributed by atoms with Crippen molar-refractivity contribution in [2.24, 2.45) is 0 Å². The summed E-state index contributed by atoms with van der Waals surface area (Å²) in [5.74, 6) is -0.298. The summed E-state index contributed by atoms with van der Waals surface area (Å²) >= 11 is 0. The van der Waals surface area contributed by atoms with Gasteiger partial charge >= 0.3 is 0 Å². The predicted molar refractivity (Wildman–Crippen MR) is 87.4 cm³/mol. The Morgan fingerprint density at radius 2 is 2.25 bits per heavy atom. The van der Waals surface area contributed by atoms with Crippen LogP contribution in [0.4, 0.5) is 4.39 Å². The van der Waals surface area contributed by atoms with Crippen LogP contribution in [-0.4, -0.2) is 58.1 Å². The molecule has 2 aliphatic rings. The highest BCUT2D eigenvalue weighted by Crippen LogP contribution is 2.28. The fraction of sp³-hybridized carbons (Fsp3) is 0.529. The third-order valence-electron chi connectivity index (χ3n) is 4.61. The van der Waals surface area contributed by atoms with Crippen LogP contribution in [0.2, 0.25) is 0 Å². The molecule has 4 rings (SSSR count). The average molecular weight is 331 g/mol. The van der Waals surface area contributed by atoms with Crippen LogP contribution in [-0.2, 0) is 11.3 Å². The second-order valence-corrected chi connectivity index (χ2v) is 6.48. The molecular formula is C17H22FN5O. The van der Waals surface area contributed by atoms with Crippen molar-refractivity contribution < 1.29 is 9.13 Å². The lowest BCUT2D eigenvalue weighted by molar-refractivity contribution is -0.0301. The van der Waals surface area contributed by atoms with Crippen LogP contribution >= 0.6 is 0 Å². The zero-order valence-corrected chi connectivity index (χ0v) is 13.6. The lowest BCUT2D eigenvalue weighted by atomic mass is 10.2. The largest absolute Gasteiger partial charge is 0.374 e. The molecule has 0 spiro atoms. The molecule has 2 fully saturated rings. The Kier molecular flexibility index (Phi) is 4.55. The summed E-state index contributed by atoms with van der Waals surface area (Å²) in [4.78, 5) is 6.37. The summed E-state index contributed by atoms with van der Waals surface area (Å²) in [7, 11) is 0. The summed E-state index contributed by atoms with van der Waals surface area (Å²) in [6.07, 6.45) is 5.76. The van der Waals surface area contributed by atoms with Crippen molar-refractivity contribution >= 4 is 0 Å². The second-order valence-electron chi connectivity index (χ2n) is 6.48. The Morgan fingerprint density at radius 3 is 3.00 bits per heavy atom. The van der Waals surface area contributed by atoms with E-state index >= 15 is 0 Å². The van der Waals surface area contributed by atoms with Crippen LogP contribution in [0.15, 0.2) is 30.9 Å². The van der Waals surface area contributed by atoms with Gasteiger partial charge in [0.05, 0.1) is 12.7 Å². The standard InChI is InChI=1S/C17H22FN5O/c18-16-7-13(1-4-17(16)23-12-20-11-21-23)8-19-9-15-10-22(5-6-24-15)14-2-3-14/h1,4,7,11-12,14-15,19H,2-3,5-6,8-10H2. The molecule has 1 aromatic carbocycles. The zero-order chi connectivity index (χ0) is 16.4. The Morgan fingerprint density at radius 1 is 1.33 bits per heavy atom. The SMILES string of the molecule is Fc1cc(CNCC2CN(C3CC3)CCO2)ccc1-n1cncn1. The third-order valence-corrected chi connectivity index (χ3v) is 4.61. The molecule has 1 unspecified atom stereocenters. The van der Waals surface area contributed by atoms with Gasteiger partial charge < -0.3 is 10.1 Å². The smallest absolute Gasteiger partial charge is 0.149 e. The summed E-state index contributed by atoms with van der Waals surface area (Å²) in [6.45, 7) is 4.27. The number of morpholine rings is 1. The van der Waals surface area contributed by atoms with E-state index in [1.54, 1.807) is 12.1 Å². The maximum absolute atomic E-state index is 14.2. The summed E-state index contributed by atoms with van der Waals surface area (Å²) in [6, 6.07) is 5.97. The molecule has 7 heteroatoms. The van der Waals surface area contributed by atoms with Crippen molar-refractivity contribution in [1.29, 1.82) is 0 Å². The lowest BCUT2D eigenvalue weighted by Crippen LogP contribution is -2.47. The van der Waals surface area contributed by atoms with E-state index in [4.69, 9.17) is 4.74 Å². The Bertz CT molecular complexity index is 674. The van der Waals surface area contributed by atoms with E-state index in [9.17, 15) is 4.39 Å².